The summed E-state index contributed by atoms with van der Waals surface area (Å²) in [5, 5.41) is 0. The minimum absolute atomic E-state index is 0.0113. The van der Waals surface area contributed by atoms with Crippen molar-refractivity contribution >= 4 is 17.8 Å². The number of hydrogen-bond acceptors (Lipinski definition) is 5. The number of esters is 1. The summed E-state index contributed by atoms with van der Waals surface area (Å²) in [5.74, 6) is -0.739. The van der Waals surface area contributed by atoms with Gasteiger partial charge in [-0.2, -0.15) is 0 Å². The third-order valence-electron chi connectivity index (χ3n) is 5.71. The van der Waals surface area contributed by atoms with Crippen LogP contribution in [-0.2, 0) is 14.3 Å². The van der Waals surface area contributed by atoms with Gasteiger partial charge in [-0.05, 0) is 29.9 Å². The smallest absolute Gasteiger partial charge is 0.314 e. The normalized spacial score (nSPS) is 25.8. The van der Waals surface area contributed by atoms with Crippen molar-refractivity contribution in [2.45, 2.75) is 20.3 Å². The Morgan fingerprint density at radius 1 is 1.27 bits per heavy atom. The Kier molecular flexibility index (Phi) is 4.42. The van der Waals surface area contributed by atoms with Crippen LogP contribution in [0, 0.1) is 16.7 Å². The van der Waals surface area contributed by atoms with E-state index in [9.17, 15) is 14.4 Å². The molecule has 2 aliphatic rings. The summed E-state index contributed by atoms with van der Waals surface area (Å²) in [5.41, 5.74) is 4.93. The minimum Gasteiger partial charge on any atom is -0.483 e. The summed E-state index contributed by atoms with van der Waals surface area (Å²) < 4.78 is 10.5. The molecule has 2 N–H and O–H groups in total. The molecule has 2 fully saturated rings. The lowest BCUT2D eigenvalue weighted by Gasteiger charge is -2.54. The fraction of sp³-hybridized carbons (Fsp3) is 0.526. The number of rotatable bonds is 5. The van der Waals surface area contributed by atoms with Crippen LogP contribution in [0.15, 0.2) is 24.3 Å². The first-order valence-corrected chi connectivity index (χ1v) is 8.59. The van der Waals surface area contributed by atoms with Crippen molar-refractivity contribution in [3.05, 3.63) is 29.8 Å². The van der Waals surface area contributed by atoms with Gasteiger partial charge < -0.3 is 20.1 Å². The molecule has 7 heteroatoms. The van der Waals surface area contributed by atoms with E-state index in [1.165, 1.54) is 7.11 Å². The number of nitrogens with two attached hydrogens (primary N) is 1. The molecule has 2 amide bonds. The molecule has 0 unspecified atom stereocenters. The lowest BCUT2D eigenvalue weighted by atomic mass is 9.48. The van der Waals surface area contributed by atoms with Crippen LogP contribution in [-0.4, -0.2) is 49.5 Å². The average molecular weight is 360 g/mol. The highest BCUT2D eigenvalue weighted by Gasteiger charge is 2.68. The number of methoxy groups -OCH3 is 1. The number of likely N-dealkylation sites (tertiary alicyclic amines) is 1. The van der Waals surface area contributed by atoms with E-state index in [0.717, 1.165) is 0 Å². The van der Waals surface area contributed by atoms with Gasteiger partial charge in [-0.3, -0.25) is 14.4 Å². The fourth-order valence-electron chi connectivity index (χ4n) is 4.59. The number of primary amides is 1. The lowest BCUT2D eigenvalue weighted by molar-refractivity contribution is -0.174. The Morgan fingerprint density at radius 2 is 1.96 bits per heavy atom. The summed E-state index contributed by atoms with van der Waals surface area (Å²) in [6.07, 6.45) is 0.701. The Labute approximate surface area is 152 Å². The van der Waals surface area contributed by atoms with Gasteiger partial charge >= 0.3 is 5.97 Å². The molecule has 0 spiro atoms. The van der Waals surface area contributed by atoms with E-state index in [1.54, 1.807) is 29.2 Å². The van der Waals surface area contributed by atoms with Crippen LogP contribution in [0.3, 0.4) is 0 Å². The fourth-order valence-corrected chi connectivity index (χ4v) is 4.59. The van der Waals surface area contributed by atoms with Gasteiger partial charge in [-0.25, -0.2) is 0 Å². The molecule has 0 aromatic heterocycles. The quantitative estimate of drug-likeness (QED) is 0.796. The van der Waals surface area contributed by atoms with Gasteiger partial charge in [-0.1, -0.05) is 26.0 Å². The zero-order valence-electron chi connectivity index (χ0n) is 15.3. The molecule has 1 saturated heterocycles. The van der Waals surface area contributed by atoms with Crippen LogP contribution in [0.4, 0.5) is 0 Å². The SMILES string of the molecule is COC(=O)[C@@]12CN(C(=O)COc3ccccc3C(N)=O)C[C@@H]1C(C)(C)C2. The molecule has 140 valence electrons. The second-order valence-electron chi connectivity index (χ2n) is 7.79. The molecule has 7 nitrogen and oxygen atoms in total. The maximum Gasteiger partial charge on any atom is 0.314 e. The molecule has 1 aromatic carbocycles. The van der Waals surface area contributed by atoms with Crippen LogP contribution >= 0.6 is 0 Å². The molecule has 1 aliphatic heterocycles. The van der Waals surface area contributed by atoms with Crippen molar-refractivity contribution in [3.8, 4) is 5.75 Å². The number of para-hydroxylation sites is 1. The molecule has 0 bridgehead atoms. The van der Waals surface area contributed by atoms with Crippen LogP contribution in [0.25, 0.3) is 0 Å². The van der Waals surface area contributed by atoms with Crippen molar-refractivity contribution in [1.29, 1.82) is 0 Å². The number of nitrogens with zero attached hydrogens (tertiary/aromatic N) is 1. The highest BCUT2D eigenvalue weighted by Crippen LogP contribution is 2.63. The monoisotopic (exact) mass is 360 g/mol. The highest BCUT2D eigenvalue weighted by molar-refractivity contribution is 5.95. The van der Waals surface area contributed by atoms with Gasteiger partial charge in [0.15, 0.2) is 6.61 Å². The summed E-state index contributed by atoms with van der Waals surface area (Å²) in [4.78, 5) is 38.0. The molecule has 2 atom stereocenters. The molecular formula is C19H24N2O5. The molecular weight excluding hydrogens is 336 g/mol. The van der Waals surface area contributed by atoms with E-state index >= 15 is 0 Å². The Hall–Kier alpha value is -2.57. The molecule has 1 aromatic rings. The van der Waals surface area contributed by atoms with Gasteiger partial charge in [0.1, 0.15) is 5.75 Å². The summed E-state index contributed by atoms with van der Waals surface area (Å²) in [6.45, 7) is 4.84. The number of carbonyl (C=O) groups is 3. The summed E-state index contributed by atoms with van der Waals surface area (Å²) >= 11 is 0. The number of benzene rings is 1. The first-order chi connectivity index (χ1) is 12.2. The van der Waals surface area contributed by atoms with Crippen molar-refractivity contribution < 1.29 is 23.9 Å². The zero-order chi connectivity index (χ0) is 19.1. The van der Waals surface area contributed by atoms with Crippen LogP contribution in [0.1, 0.15) is 30.6 Å². The molecule has 3 rings (SSSR count). The van der Waals surface area contributed by atoms with Crippen molar-refractivity contribution in [2.24, 2.45) is 22.5 Å². The van der Waals surface area contributed by atoms with E-state index < -0.39 is 11.3 Å². The second kappa shape index (κ2) is 6.30. The standard InChI is InChI=1S/C19H24N2O5/c1-18(2)10-19(17(24)25-3)11-21(8-14(18)19)15(22)9-26-13-7-5-4-6-12(13)16(20)23/h4-7,14H,8-11H2,1-3H3,(H2,20,23)/t14-,19+/m1/s1. The van der Waals surface area contributed by atoms with Gasteiger partial charge in [0, 0.05) is 13.1 Å². The third-order valence-corrected chi connectivity index (χ3v) is 5.71. The van der Waals surface area contributed by atoms with Crippen molar-refractivity contribution in [3.63, 3.8) is 0 Å². The van der Waals surface area contributed by atoms with Crippen LogP contribution in [0.2, 0.25) is 0 Å². The van der Waals surface area contributed by atoms with Crippen molar-refractivity contribution in [2.75, 3.05) is 26.8 Å². The maximum atomic E-state index is 12.6. The first kappa shape index (κ1) is 18.2. The van der Waals surface area contributed by atoms with E-state index in [0.29, 0.717) is 19.5 Å². The van der Waals surface area contributed by atoms with E-state index in [1.807, 2.05) is 0 Å². The van der Waals surface area contributed by atoms with E-state index in [2.05, 4.69) is 13.8 Å². The van der Waals surface area contributed by atoms with Crippen molar-refractivity contribution in [1.82, 2.24) is 4.90 Å². The predicted octanol–water partition coefficient (Wildman–Crippen LogP) is 1.21. The molecule has 26 heavy (non-hydrogen) atoms. The van der Waals surface area contributed by atoms with Gasteiger partial charge in [0.2, 0.25) is 0 Å². The van der Waals surface area contributed by atoms with E-state index in [4.69, 9.17) is 15.2 Å². The number of hydrogen-bond donors (Lipinski definition) is 1. The molecule has 1 aliphatic carbocycles. The third kappa shape index (κ3) is 2.81. The summed E-state index contributed by atoms with van der Waals surface area (Å²) in [7, 11) is 1.38. The zero-order valence-corrected chi connectivity index (χ0v) is 15.3. The molecule has 1 saturated carbocycles. The number of fused-ring (bicyclic) bond motifs is 1. The summed E-state index contributed by atoms with van der Waals surface area (Å²) in [6, 6.07) is 6.53. The largest absolute Gasteiger partial charge is 0.483 e. The number of ether oxygens (including phenoxy) is 2. The minimum atomic E-state index is -0.612. The highest BCUT2D eigenvalue weighted by atomic mass is 16.5. The van der Waals surface area contributed by atoms with Crippen LogP contribution < -0.4 is 10.5 Å². The van der Waals surface area contributed by atoms with Gasteiger partial charge in [0.25, 0.3) is 11.8 Å². The second-order valence-corrected chi connectivity index (χ2v) is 7.79. The molecule has 1 heterocycles. The molecule has 0 radical (unpaired) electrons. The predicted molar refractivity (Wildman–Crippen MR) is 93.4 cm³/mol. The Bertz CT molecular complexity index is 760. The van der Waals surface area contributed by atoms with E-state index in [-0.39, 0.29) is 41.1 Å². The van der Waals surface area contributed by atoms with Gasteiger partial charge in [0.05, 0.1) is 18.1 Å². The Morgan fingerprint density at radius 3 is 2.58 bits per heavy atom. The van der Waals surface area contributed by atoms with Crippen LogP contribution in [0.5, 0.6) is 5.75 Å². The lowest BCUT2D eigenvalue weighted by Crippen LogP contribution is -2.57. The first-order valence-electron chi connectivity index (χ1n) is 8.59. The average Bonchev–Trinajstić information content (AvgIpc) is 2.95. The number of carbonyl (C=O) groups excluding carboxylic acids is 3. The van der Waals surface area contributed by atoms with Gasteiger partial charge in [-0.15, -0.1) is 0 Å². The topological polar surface area (TPSA) is 98.9 Å². The number of amides is 2. The maximum absolute atomic E-state index is 12.6. The Balaban J connectivity index is 1.69.